The standard InChI is InChI=1S/C13H21N5O2/c1-3-15-12(19)17-8-10-5-11(7-14-6-10)9-18-13(20)16-4-2/h5-7H,3-4,8-9H2,1-2H3,(H2,15,17,19)(H2,16,18,20). The van der Waals surface area contributed by atoms with Crippen molar-refractivity contribution in [3.8, 4) is 0 Å². The molecular formula is C13H21N5O2. The molecule has 20 heavy (non-hydrogen) atoms. The van der Waals surface area contributed by atoms with Crippen molar-refractivity contribution >= 4 is 12.1 Å². The molecule has 0 aliphatic carbocycles. The van der Waals surface area contributed by atoms with Crippen LogP contribution in [0.2, 0.25) is 0 Å². The zero-order valence-electron chi connectivity index (χ0n) is 11.8. The monoisotopic (exact) mass is 279 g/mol. The van der Waals surface area contributed by atoms with Gasteiger partial charge in [0.25, 0.3) is 0 Å². The van der Waals surface area contributed by atoms with Gasteiger partial charge in [0.05, 0.1) is 0 Å². The van der Waals surface area contributed by atoms with Crippen LogP contribution in [0.3, 0.4) is 0 Å². The summed E-state index contributed by atoms with van der Waals surface area (Å²) in [5.41, 5.74) is 1.76. The number of pyridine rings is 1. The molecule has 4 N–H and O–H groups in total. The van der Waals surface area contributed by atoms with Gasteiger partial charge in [-0.25, -0.2) is 9.59 Å². The molecule has 1 heterocycles. The van der Waals surface area contributed by atoms with E-state index < -0.39 is 0 Å². The summed E-state index contributed by atoms with van der Waals surface area (Å²) < 4.78 is 0. The van der Waals surface area contributed by atoms with Gasteiger partial charge in [-0.1, -0.05) is 0 Å². The van der Waals surface area contributed by atoms with Crippen molar-refractivity contribution in [1.29, 1.82) is 0 Å². The largest absolute Gasteiger partial charge is 0.338 e. The summed E-state index contributed by atoms with van der Waals surface area (Å²) in [6, 6.07) is 1.47. The molecule has 0 atom stereocenters. The lowest BCUT2D eigenvalue weighted by atomic mass is 10.2. The molecule has 0 fully saturated rings. The van der Waals surface area contributed by atoms with Crippen LogP contribution in [0.5, 0.6) is 0 Å². The summed E-state index contributed by atoms with van der Waals surface area (Å²) >= 11 is 0. The van der Waals surface area contributed by atoms with E-state index in [-0.39, 0.29) is 12.1 Å². The van der Waals surface area contributed by atoms with Crippen LogP contribution in [0.15, 0.2) is 18.5 Å². The van der Waals surface area contributed by atoms with Crippen molar-refractivity contribution in [3.63, 3.8) is 0 Å². The molecule has 7 heteroatoms. The molecule has 0 aliphatic heterocycles. The number of amides is 4. The Labute approximate surface area is 118 Å². The summed E-state index contributed by atoms with van der Waals surface area (Å²) in [6.45, 7) is 5.67. The first-order chi connectivity index (χ1) is 9.65. The number of hydrogen-bond acceptors (Lipinski definition) is 3. The van der Waals surface area contributed by atoms with Gasteiger partial charge < -0.3 is 21.3 Å². The highest BCUT2D eigenvalue weighted by molar-refractivity contribution is 5.74. The molecule has 4 amide bonds. The summed E-state index contributed by atoms with van der Waals surface area (Å²) in [6.07, 6.45) is 3.36. The Morgan fingerprint density at radius 2 is 1.35 bits per heavy atom. The third-order valence-electron chi connectivity index (χ3n) is 2.43. The average molecular weight is 279 g/mol. The Hall–Kier alpha value is -2.31. The highest BCUT2D eigenvalue weighted by Crippen LogP contribution is 2.02. The van der Waals surface area contributed by atoms with Crippen LogP contribution in [-0.2, 0) is 13.1 Å². The van der Waals surface area contributed by atoms with Crippen molar-refractivity contribution < 1.29 is 9.59 Å². The van der Waals surface area contributed by atoms with Crippen molar-refractivity contribution in [2.45, 2.75) is 26.9 Å². The average Bonchev–Trinajstić information content (AvgIpc) is 2.44. The minimum Gasteiger partial charge on any atom is -0.338 e. The van der Waals surface area contributed by atoms with E-state index in [0.29, 0.717) is 26.2 Å². The molecule has 0 aromatic carbocycles. The lowest BCUT2D eigenvalue weighted by Gasteiger charge is -2.08. The van der Waals surface area contributed by atoms with Gasteiger partial charge >= 0.3 is 12.1 Å². The van der Waals surface area contributed by atoms with Gasteiger partial charge in [-0.2, -0.15) is 0 Å². The molecule has 1 aromatic rings. The number of carbonyl (C=O) groups excluding carboxylic acids is 2. The maximum Gasteiger partial charge on any atom is 0.315 e. The fourth-order valence-corrected chi connectivity index (χ4v) is 1.55. The van der Waals surface area contributed by atoms with E-state index in [9.17, 15) is 9.59 Å². The zero-order chi connectivity index (χ0) is 14.8. The highest BCUT2D eigenvalue weighted by atomic mass is 16.2. The van der Waals surface area contributed by atoms with Gasteiger partial charge in [-0.05, 0) is 31.0 Å². The van der Waals surface area contributed by atoms with Gasteiger partial charge in [0.2, 0.25) is 0 Å². The number of hydrogen-bond donors (Lipinski definition) is 4. The van der Waals surface area contributed by atoms with Crippen molar-refractivity contribution in [2.75, 3.05) is 13.1 Å². The van der Waals surface area contributed by atoms with Crippen LogP contribution in [0.4, 0.5) is 9.59 Å². The fourth-order valence-electron chi connectivity index (χ4n) is 1.55. The highest BCUT2D eigenvalue weighted by Gasteiger charge is 2.02. The first-order valence-electron chi connectivity index (χ1n) is 6.61. The number of urea groups is 2. The minimum atomic E-state index is -0.210. The SMILES string of the molecule is CCNC(=O)NCc1cncc(CNC(=O)NCC)c1. The normalized spacial score (nSPS) is 9.70. The molecule has 0 saturated carbocycles. The molecule has 110 valence electrons. The maximum atomic E-state index is 11.3. The fraction of sp³-hybridized carbons (Fsp3) is 0.462. The third kappa shape index (κ3) is 6.03. The van der Waals surface area contributed by atoms with Crippen LogP contribution in [0, 0.1) is 0 Å². The van der Waals surface area contributed by atoms with Gasteiger partial charge in [-0.15, -0.1) is 0 Å². The lowest BCUT2D eigenvalue weighted by Crippen LogP contribution is -2.35. The van der Waals surface area contributed by atoms with Gasteiger partial charge in [0.15, 0.2) is 0 Å². The summed E-state index contributed by atoms with van der Waals surface area (Å²) in [7, 11) is 0. The van der Waals surface area contributed by atoms with E-state index in [1.54, 1.807) is 12.4 Å². The molecule has 1 rings (SSSR count). The van der Waals surface area contributed by atoms with Crippen LogP contribution in [0.25, 0.3) is 0 Å². The molecule has 0 saturated heterocycles. The minimum absolute atomic E-state index is 0.210. The Morgan fingerprint density at radius 1 is 0.900 bits per heavy atom. The second-order valence-corrected chi connectivity index (χ2v) is 4.13. The molecular weight excluding hydrogens is 258 g/mol. The number of rotatable bonds is 6. The lowest BCUT2D eigenvalue weighted by molar-refractivity contribution is 0.240. The molecule has 7 nitrogen and oxygen atoms in total. The quantitative estimate of drug-likeness (QED) is 0.618. The van der Waals surface area contributed by atoms with Gasteiger partial charge in [0.1, 0.15) is 0 Å². The first kappa shape index (κ1) is 15.7. The van der Waals surface area contributed by atoms with Crippen molar-refractivity contribution in [1.82, 2.24) is 26.3 Å². The molecule has 0 unspecified atom stereocenters. The van der Waals surface area contributed by atoms with Crippen LogP contribution in [0.1, 0.15) is 25.0 Å². The van der Waals surface area contributed by atoms with Crippen LogP contribution >= 0.6 is 0 Å². The molecule has 0 radical (unpaired) electrons. The van der Waals surface area contributed by atoms with Crippen LogP contribution < -0.4 is 21.3 Å². The van der Waals surface area contributed by atoms with E-state index in [1.165, 1.54) is 0 Å². The van der Waals surface area contributed by atoms with E-state index in [2.05, 4.69) is 26.3 Å². The van der Waals surface area contributed by atoms with E-state index in [0.717, 1.165) is 11.1 Å². The van der Waals surface area contributed by atoms with Crippen molar-refractivity contribution in [3.05, 3.63) is 29.6 Å². The van der Waals surface area contributed by atoms with E-state index >= 15 is 0 Å². The topological polar surface area (TPSA) is 95.2 Å². The predicted octanol–water partition coefficient (Wildman–Crippen LogP) is 0.720. The van der Waals surface area contributed by atoms with Gasteiger partial charge in [-0.3, -0.25) is 4.98 Å². The Morgan fingerprint density at radius 3 is 1.75 bits per heavy atom. The number of carbonyl (C=O) groups is 2. The molecule has 0 bridgehead atoms. The molecule has 1 aromatic heterocycles. The second-order valence-electron chi connectivity index (χ2n) is 4.13. The zero-order valence-corrected chi connectivity index (χ0v) is 11.8. The summed E-state index contributed by atoms with van der Waals surface area (Å²) in [4.78, 5) is 26.6. The Kier molecular flexibility index (Phi) is 6.88. The predicted molar refractivity (Wildman–Crippen MR) is 76.1 cm³/mol. The number of aromatic nitrogens is 1. The Bertz CT molecular complexity index is 413. The summed E-state index contributed by atoms with van der Waals surface area (Å²) in [5.74, 6) is 0. The van der Waals surface area contributed by atoms with Gasteiger partial charge in [0, 0.05) is 38.6 Å². The molecule has 0 aliphatic rings. The van der Waals surface area contributed by atoms with E-state index in [4.69, 9.17) is 0 Å². The maximum absolute atomic E-state index is 11.3. The summed E-state index contributed by atoms with van der Waals surface area (Å²) in [5, 5.41) is 10.7. The van der Waals surface area contributed by atoms with E-state index in [1.807, 2.05) is 19.9 Å². The first-order valence-corrected chi connectivity index (χ1v) is 6.61. The second kappa shape index (κ2) is 8.73. The molecule has 0 spiro atoms. The smallest absolute Gasteiger partial charge is 0.315 e. The van der Waals surface area contributed by atoms with Crippen molar-refractivity contribution in [2.24, 2.45) is 0 Å². The third-order valence-corrected chi connectivity index (χ3v) is 2.43. The number of nitrogens with one attached hydrogen (secondary N) is 4. The van der Waals surface area contributed by atoms with Crippen LogP contribution in [-0.4, -0.2) is 30.1 Å². The Balaban J connectivity index is 2.45. The number of nitrogens with zero attached hydrogens (tertiary/aromatic N) is 1.